The summed E-state index contributed by atoms with van der Waals surface area (Å²) in [6.45, 7) is 20.4. The molecule has 4 amide bonds. The highest BCUT2D eigenvalue weighted by Crippen LogP contribution is 2.44. The standard InChI is InChI=1S/C42H67N9O11/c1-39(2,3)60-36(54)48-19-17-47(18-20-49(37(55)61-40(4,5)6)22-24-50(23-21-48)38(56)62-41(7,8)9)28(53)16-14-12-13-15-27(52)30-31-32(59-42(10,11)58-31)35(57-30)51-26-46-29-33(43)44-25-45-34(29)51/h25-26,30-32,35H,12-24H2,1-11H3,(H2,43,44,45)/t30-,31-,32-,35-/m1/s1. The summed E-state index contributed by atoms with van der Waals surface area (Å²) >= 11 is 0. The summed E-state index contributed by atoms with van der Waals surface area (Å²) in [5, 5.41) is 0. The van der Waals surface area contributed by atoms with E-state index in [9.17, 15) is 24.0 Å². The maximum Gasteiger partial charge on any atom is 0.410 e. The summed E-state index contributed by atoms with van der Waals surface area (Å²) in [4.78, 5) is 86.6. The lowest BCUT2D eigenvalue weighted by atomic mass is 10.0. The number of amides is 4. The van der Waals surface area contributed by atoms with Gasteiger partial charge in [-0.1, -0.05) is 6.42 Å². The average Bonchev–Trinajstić information content (AvgIpc) is 3.80. The van der Waals surface area contributed by atoms with Crippen molar-refractivity contribution in [1.82, 2.24) is 39.1 Å². The van der Waals surface area contributed by atoms with Gasteiger partial charge in [0.15, 0.2) is 29.3 Å². The maximum absolute atomic E-state index is 13.9. The second kappa shape index (κ2) is 19.3. The summed E-state index contributed by atoms with van der Waals surface area (Å²) in [6.07, 6.45) is 0.181. The molecule has 0 unspecified atom stereocenters. The number of aromatic nitrogens is 4. The Kier molecular flexibility index (Phi) is 15.0. The van der Waals surface area contributed by atoms with Crippen LogP contribution in [-0.2, 0) is 38.0 Å². The quantitative estimate of drug-likeness (QED) is 0.275. The van der Waals surface area contributed by atoms with Gasteiger partial charge in [0.25, 0.3) is 0 Å². The van der Waals surface area contributed by atoms with Crippen molar-refractivity contribution in [1.29, 1.82) is 0 Å². The van der Waals surface area contributed by atoms with E-state index in [4.69, 9.17) is 34.2 Å². The number of carbonyl (C=O) groups is 5. The van der Waals surface area contributed by atoms with Gasteiger partial charge in [0, 0.05) is 65.2 Å². The topological polar surface area (TPSA) is 223 Å². The number of fused-ring (bicyclic) bond motifs is 2. The molecule has 62 heavy (non-hydrogen) atoms. The molecule has 4 atom stereocenters. The lowest BCUT2D eigenvalue weighted by Gasteiger charge is -2.36. The zero-order valence-electron chi connectivity index (χ0n) is 38.3. The van der Waals surface area contributed by atoms with Gasteiger partial charge in [-0.2, -0.15) is 0 Å². The van der Waals surface area contributed by atoms with Crippen LogP contribution in [-0.4, -0.2) is 162 Å². The molecule has 0 aliphatic carbocycles. The minimum Gasteiger partial charge on any atom is -0.444 e. The van der Waals surface area contributed by atoms with Gasteiger partial charge in [-0.25, -0.2) is 29.3 Å². The highest BCUT2D eigenvalue weighted by molar-refractivity contribution is 5.84. The number of hydrogen-bond acceptors (Lipinski definition) is 15. The van der Waals surface area contributed by atoms with Gasteiger partial charge < -0.3 is 53.8 Å². The minimum atomic E-state index is -0.947. The first-order valence-corrected chi connectivity index (χ1v) is 21.5. The Balaban J connectivity index is 1.23. The van der Waals surface area contributed by atoms with E-state index in [1.54, 1.807) is 92.0 Å². The average molecular weight is 874 g/mol. The molecule has 3 aliphatic rings. The molecule has 0 radical (unpaired) electrons. The Morgan fingerprint density at radius 3 is 1.60 bits per heavy atom. The Labute approximate surface area is 364 Å². The van der Waals surface area contributed by atoms with E-state index in [1.807, 2.05) is 0 Å². The molecule has 2 N–H and O–H groups in total. The Bertz CT molecular complexity index is 1870. The molecule has 5 heterocycles. The van der Waals surface area contributed by atoms with Crippen molar-refractivity contribution in [3.8, 4) is 0 Å². The van der Waals surface area contributed by atoms with Crippen molar-refractivity contribution >= 4 is 47.0 Å². The monoisotopic (exact) mass is 873 g/mol. The van der Waals surface area contributed by atoms with E-state index in [0.717, 1.165) is 0 Å². The number of ketones is 1. The number of nitrogens with two attached hydrogens (primary N) is 1. The Hall–Kier alpha value is -4.82. The largest absolute Gasteiger partial charge is 0.444 e. The van der Waals surface area contributed by atoms with Crippen molar-refractivity contribution in [2.75, 3.05) is 58.1 Å². The predicted octanol–water partition coefficient (Wildman–Crippen LogP) is 4.90. The molecule has 3 saturated heterocycles. The second-order valence-corrected chi connectivity index (χ2v) is 19.4. The van der Waals surface area contributed by atoms with Gasteiger partial charge in [-0.05, 0) is 89.0 Å². The van der Waals surface area contributed by atoms with Gasteiger partial charge >= 0.3 is 18.3 Å². The first kappa shape index (κ1) is 48.2. The third-order valence-electron chi connectivity index (χ3n) is 10.2. The van der Waals surface area contributed by atoms with Crippen LogP contribution >= 0.6 is 0 Å². The van der Waals surface area contributed by atoms with E-state index >= 15 is 0 Å². The molecular weight excluding hydrogens is 807 g/mol. The first-order chi connectivity index (χ1) is 28.8. The van der Waals surface area contributed by atoms with Crippen LogP contribution in [0.15, 0.2) is 12.7 Å². The zero-order valence-corrected chi connectivity index (χ0v) is 38.3. The zero-order chi connectivity index (χ0) is 45.8. The van der Waals surface area contributed by atoms with Gasteiger partial charge in [-0.15, -0.1) is 0 Å². The van der Waals surface area contributed by atoms with E-state index in [2.05, 4.69) is 15.0 Å². The van der Waals surface area contributed by atoms with E-state index in [1.165, 1.54) is 21.0 Å². The Morgan fingerprint density at radius 2 is 1.11 bits per heavy atom. The number of nitrogen functional groups attached to an aromatic ring is 1. The second-order valence-electron chi connectivity index (χ2n) is 19.4. The van der Waals surface area contributed by atoms with Crippen LogP contribution in [0.2, 0.25) is 0 Å². The first-order valence-electron chi connectivity index (χ1n) is 21.5. The lowest BCUT2D eigenvalue weighted by molar-refractivity contribution is -0.197. The molecule has 2 aromatic rings. The fourth-order valence-electron chi connectivity index (χ4n) is 7.36. The number of carbonyl (C=O) groups excluding carboxylic acids is 5. The molecule has 20 nitrogen and oxygen atoms in total. The molecule has 0 saturated carbocycles. The smallest absolute Gasteiger partial charge is 0.410 e. The molecular formula is C42H67N9O11. The van der Waals surface area contributed by atoms with Crippen molar-refractivity contribution in [2.24, 2.45) is 0 Å². The fraction of sp³-hybridized carbons (Fsp3) is 0.762. The van der Waals surface area contributed by atoms with Crippen LogP contribution in [0.3, 0.4) is 0 Å². The third-order valence-corrected chi connectivity index (χ3v) is 10.2. The van der Waals surface area contributed by atoms with Crippen LogP contribution in [0.25, 0.3) is 11.2 Å². The lowest BCUT2D eigenvalue weighted by Crippen LogP contribution is -2.52. The molecule has 3 fully saturated rings. The van der Waals surface area contributed by atoms with E-state index in [-0.39, 0.29) is 82.7 Å². The summed E-state index contributed by atoms with van der Waals surface area (Å²) in [6, 6.07) is 0. The molecule has 346 valence electrons. The number of Topliss-reactive ketones (excluding diaryl/α,β-unsaturated/α-hetero) is 1. The van der Waals surface area contributed by atoms with Crippen LogP contribution in [0.1, 0.15) is 114 Å². The van der Waals surface area contributed by atoms with Crippen molar-refractivity contribution in [3.63, 3.8) is 0 Å². The molecule has 5 rings (SSSR count). The van der Waals surface area contributed by atoms with Crippen molar-refractivity contribution in [3.05, 3.63) is 12.7 Å². The Morgan fingerprint density at radius 1 is 0.661 bits per heavy atom. The number of unbranched alkanes of at least 4 members (excludes halogenated alkanes) is 2. The summed E-state index contributed by atoms with van der Waals surface area (Å²) in [5.41, 5.74) is 4.54. The normalized spacial score (nSPS) is 22.8. The summed E-state index contributed by atoms with van der Waals surface area (Å²) < 4.78 is 37.5. The predicted molar refractivity (Wildman–Crippen MR) is 226 cm³/mol. The molecule has 20 heteroatoms. The molecule has 3 aliphatic heterocycles. The molecule has 0 aromatic carbocycles. The van der Waals surface area contributed by atoms with Gasteiger partial charge in [0.05, 0.1) is 6.33 Å². The fourth-order valence-corrected chi connectivity index (χ4v) is 7.36. The van der Waals surface area contributed by atoms with Crippen LogP contribution in [0.4, 0.5) is 20.2 Å². The highest BCUT2D eigenvalue weighted by Gasteiger charge is 2.58. The number of imidazole rings is 1. The summed E-state index contributed by atoms with van der Waals surface area (Å²) in [5.74, 6) is -1.04. The summed E-state index contributed by atoms with van der Waals surface area (Å²) in [7, 11) is 0. The highest BCUT2D eigenvalue weighted by atomic mass is 16.8. The van der Waals surface area contributed by atoms with Gasteiger partial charge in [0.2, 0.25) is 5.91 Å². The minimum absolute atomic E-state index is 0.0956. The van der Waals surface area contributed by atoms with Gasteiger partial charge in [-0.3, -0.25) is 14.2 Å². The SMILES string of the molecule is CC(C)(C)OC(=O)N1CCN(C(=O)CCCCCC(=O)[C@H]2O[C@@H](n3cnc4c(N)ncnc43)[C@@H]3OC(C)(C)O[C@@H]32)CCN(C(=O)OC(C)(C)C)CCN(C(=O)OC(C)(C)C)CC1. The number of rotatable bonds is 8. The van der Waals surface area contributed by atoms with Crippen LogP contribution in [0, 0.1) is 0 Å². The van der Waals surface area contributed by atoms with Gasteiger partial charge in [0.1, 0.15) is 47.0 Å². The van der Waals surface area contributed by atoms with Crippen LogP contribution < -0.4 is 5.73 Å². The van der Waals surface area contributed by atoms with E-state index in [0.29, 0.717) is 30.4 Å². The molecule has 0 spiro atoms. The number of anilines is 1. The number of ether oxygens (including phenoxy) is 6. The molecule has 2 aromatic heterocycles. The van der Waals surface area contributed by atoms with E-state index < -0.39 is 65.4 Å². The third kappa shape index (κ3) is 13.1. The van der Waals surface area contributed by atoms with Crippen molar-refractivity contribution in [2.45, 2.75) is 155 Å². The maximum atomic E-state index is 13.9. The number of nitrogens with zero attached hydrogens (tertiary/aromatic N) is 8. The van der Waals surface area contributed by atoms with Crippen LogP contribution in [0.5, 0.6) is 0 Å². The number of hydrogen-bond donors (Lipinski definition) is 1. The molecule has 0 bridgehead atoms. The van der Waals surface area contributed by atoms with Crippen molar-refractivity contribution < 1.29 is 52.4 Å².